The van der Waals surface area contributed by atoms with Crippen LogP contribution < -0.4 is 14.8 Å². The fraction of sp³-hybridized carbons (Fsp3) is 0.111. The Kier molecular flexibility index (Phi) is 4.07. The number of rotatable bonds is 4. The van der Waals surface area contributed by atoms with Gasteiger partial charge in [0.2, 0.25) is 6.79 Å². The second-order valence-corrected chi connectivity index (χ2v) is 6.42. The molecule has 25 heavy (non-hydrogen) atoms. The lowest BCUT2D eigenvalue weighted by Crippen LogP contribution is -2.33. The van der Waals surface area contributed by atoms with Crippen molar-refractivity contribution in [1.82, 2.24) is 4.90 Å². The molecule has 0 unspecified atom stereocenters. The zero-order chi connectivity index (χ0) is 17.2. The summed E-state index contributed by atoms with van der Waals surface area (Å²) in [6.45, 7) is 0.327. The van der Waals surface area contributed by atoms with Crippen molar-refractivity contribution in [3.05, 3.63) is 59.0 Å². The molecule has 0 aliphatic carbocycles. The van der Waals surface area contributed by atoms with E-state index in [2.05, 4.69) is 5.32 Å². The van der Waals surface area contributed by atoms with Gasteiger partial charge in [-0.2, -0.15) is 0 Å². The Hall–Kier alpha value is -2.93. The van der Waals surface area contributed by atoms with E-state index in [0.717, 1.165) is 23.0 Å². The van der Waals surface area contributed by atoms with Crippen molar-refractivity contribution in [3.63, 3.8) is 0 Å². The standard InChI is InChI=1S/C18H14N2O4S/c21-17-16(9-12-6-7-14-15(8-12)24-11-23-14)25-18(22)20(17)10-19-13-4-2-1-3-5-13/h1-9,19H,10-11H2. The van der Waals surface area contributed by atoms with Crippen LogP contribution in [0.15, 0.2) is 53.4 Å². The lowest BCUT2D eigenvalue weighted by Gasteiger charge is -2.14. The third-order valence-electron chi connectivity index (χ3n) is 3.78. The molecule has 1 saturated heterocycles. The molecule has 0 atom stereocenters. The van der Waals surface area contributed by atoms with Crippen LogP contribution >= 0.6 is 11.8 Å². The van der Waals surface area contributed by atoms with Crippen LogP contribution in [-0.4, -0.2) is 29.5 Å². The Morgan fingerprint density at radius 2 is 1.88 bits per heavy atom. The molecule has 2 aromatic rings. The zero-order valence-electron chi connectivity index (χ0n) is 13.1. The molecule has 7 heteroatoms. The van der Waals surface area contributed by atoms with Gasteiger partial charge in [-0.3, -0.25) is 14.5 Å². The van der Waals surface area contributed by atoms with Gasteiger partial charge in [0.05, 0.1) is 11.6 Å². The molecule has 0 radical (unpaired) electrons. The summed E-state index contributed by atoms with van der Waals surface area (Å²) in [5.74, 6) is 1.01. The Balaban J connectivity index is 1.49. The van der Waals surface area contributed by atoms with Gasteiger partial charge in [-0.1, -0.05) is 24.3 Å². The molecule has 0 bridgehead atoms. The normalized spacial score (nSPS) is 17.4. The molecule has 2 amide bonds. The number of nitrogens with one attached hydrogen (secondary N) is 1. The second-order valence-electron chi connectivity index (χ2n) is 5.42. The maximum Gasteiger partial charge on any atom is 0.295 e. The molecular formula is C18H14N2O4S. The highest BCUT2D eigenvalue weighted by Gasteiger charge is 2.34. The van der Waals surface area contributed by atoms with Crippen molar-refractivity contribution in [2.45, 2.75) is 0 Å². The van der Waals surface area contributed by atoms with Crippen LogP contribution in [0.4, 0.5) is 10.5 Å². The van der Waals surface area contributed by atoms with E-state index in [1.807, 2.05) is 36.4 Å². The van der Waals surface area contributed by atoms with Crippen LogP contribution in [0.25, 0.3) is 6.08 Å². The van der Waals surface area contributed by atoms with Gasteiger partial charge in [0.15, 0.2) is 11.5 Å². The van der Waals surface area contributed by atoms with Crippen LogP contribution in [-0.2, 0) is 4.79 Å². The summed E-state index contributed by atoms with van der Waals surface area (Å²) in [6.07, 6.45) is 1.69. The number of ether oxygens (including phenoxy) is 2. The molecule has 2 aliphatic heterocycles. The average Bonchev–Trinajstić information content (AvgIpc) is 3.19. The van der Waals surface area contributed by atoms with Gasteiger partial charge in [0, 0.05) is 5.69 Å². The van der Waals surface area contributed by atoms with Crippen molar-refractivity contribution in [3.8, 4) is 11.5 Å². The van der Waals surface area contributed by atoms with E-state index in [0.29, 0.717) is 16.4 Å². The molecule has 6 nitrogen and oxygen atoms in total. The Labute approximate surface area is 148 Å². The van der Waals surface area contributed by atoms with Crippen molar-refractivity contribution < 1.29 is 19.1 Å². The topological polar surface area (TPSA) is 67.9 Å². The van der Waals surface area contributed by atoms with Crippen LogP contribution in [0, 0.1) is 0 Å². The summed E-state index contributed by atoms with van der Waals surface area (Å²) in [5, 5.41) is 2.78. The number of carbonyl (C=O) groups is 2. The van der Waals surface area contributed by atoms with Crippen molar-refractivity contribution in [2.75, 3.05) is 18.8 Å². The monoisotopic (exact) mass is 354 g/mol. The molecular weight excluding hydrogens is 340 g/mol. The highest BCUT2D eigenvalue weighted by Crippen LogP contribution is 2.36. The number of thioether (sulfide) groups is 1. The summed E-state index contributed by atoms with van der Waals surface area (Å²) in [4.78, 5) is 26.2. The average molecular weight is 354 g/mol. The number of hydrogen-bond donors (Lipinski definition) is 1. The third kappa shape index (κ3) is 3.18. The second kappa shape index (κ2) is 6.52. The fourth-order valence-electron chi connectivity index (χ4n) is 2.52. The van der Waals surface area contributed by atoms with Gasteiger partial charge < -0.3 is 14.8 Å². The molecule has 4 rings (SSSR count). The van der Waals surface area contributed by atoms with Gasteiger partial charge >= 0.3 is 0 Å². The number of imide groups is 1. The number of benzene rings is 2. The number of para-hydroxylation sites is 1. The number of hydrogen-bond acceptors (Lipinski definition) is 6. The van der Waals surface area contributed by atoms with Crippen LogP contribution in [0.3, 0.4) is 0 Å². The van der Waals surface area contributed by atoms with Crippen LogP contribution in [0.5, 0.6) is 11.5 Å². The number of fused-ring (bicyclic) bond motifs is 1. The van der Waals surface area contributed by atoms with Gasteiger partial charge in [0.1, 0.15) is 0 Å². The first-order chi connectivity index (χ1) is 12.2. The van der Waals surface area contributed by atoms with Crippen molar-refractivity contribution in [2.24, 2.45) is 0 Å². The van der Waals surface area contributed by atoms with Gasteiger partial charge in [-0.05, 0) is 47.7 Å². The summed E-state index contributed by atoms with van der Waals surface area (Å²) in [5.41, 5.74) is 1.63. The molecule has 0 spiro atoms. The minimum Gasteiger partial charge on any atom is -0.454 e. The smallest absolute Gasteiger partial charge is 0.295 e. The summed E-state index contributed by atoms with van der Waals surface area (Å²) < 4.78 is 10.6. The van der Waals surface area contributed by atoms with Gasteiger partial charge in [-0.25, -0.2) is 0 Å². The van der Waals surface area contributed by atoms with E-state index in [1.165, 1.54) is 4.90 Å². The lowest BCUT2D eigenvalue weighted by atomic mass is 10.2. The predicted octanol–water partition coefficient (Wildman–Crippen LogP) is 3.52. The Morgan fingerprint density at radius 3 is 2.72 bits per heavy atom. The van der Waals surface area contributed by atoms with Crippen LogP contribution in [0.1, 0.15) is 5.56 Å². The minimum absolute atomic E-state index is 0.132. The molecule has 2 aliphatic rings. The highest BCUT2D eigenvalue weighted by atomic mass is 32.2. The molecule has 0 saturated carbocycles. The molecule has 2 heterocycles. The first kappa shape index (κ1) is 15.6. The maximum absolute atomic E-state index is 12.5. The van der Waals surface area contributed by atoms with Crippen molar-refractivity contribution in [1.29, 1.82) is 0 Å². The third-order valence-corrected chi connectivity index (χ3v) is 4.69. The van der Waals surface area contributed by atoms with Gasteiger partial charge in [0.25, 0.3) is 11.1 Å². The molecule has 126 valence electrons. The molecule has 1 fully saturated rings. The number of carbonyl (C=O) groups excluding carboxylic acids is 2. The van der Waals surface area contributed by atoms with E-state index in [9.17, 15) is 9.59 Å². The number of anilines is 1. The quantitative estimate of drug-likeness (QED) is 0.848. The van der Waals surface area contributed by atoms with E-state index < -0.39 is 0 Å². The van der Waals surface area contributed by atoms with E-state index in [4.69, 9.17) is 9.47 Å². The summed E-state index contributed by atoms with van der Waals surface area (Å²) >= 11 is 0.932. The number of amides is 2. The number of nitrogens with zero attached hydrogens (tertiary/aromatic N) is 1. The zero-order valence-corrected chi connectivity index (χ0v) is 13.9. The highest BCUT2D eigenvalue weighted by molar-refractivity contribution is 8.18. The molecule has 0 aromatic heterocycles. The maximum atomic E-state index is 12.5. The minimum atomic E-state index is -0.309. The summed E-state index contributed by atoms with van der Waals surface area (Å²) in [6, 6.07) is 14.8. The van der Waals surface area contributed by atoms with E-state index in [1.54, 1.807) is 18.2 Å². The Bertz CT molecular complexity index is 867. The van der Waals surface area contributed by atoms with Crippen LogP contribution in [0.2, 0.25) is 0 Å². The lowest BCUT2D eigenvalue weighted by molar-refractivity contribution is -0.122. The van der Waals surface area contributed by atoms with Gasteiger partial charge in [-0.15, -0.1) is 0 Å². The largest absolute Gasteiger partial charge is 0.454 e. The fourth-order valence-corrected chi connectivity index (χ4v) is 3.36. The SMILES string of the molecule is O=C1SC(=Cc2ccc3c(c2)OCO3)C(=O)N1CNc1ccccc1. The predicted molar refractivity (Wildman–Crippen MR) is 95.3 cm³/mol. The molecule has 2 aromatic carbocycles. The van der Waals surface area contributed by atoms with Crippen molar-refractivity contribution >= 4 is 34.7 Å². The van der Waals surface area contributed by atoms with E-state index >= 15 is 0 Å². The van der Waals surface area contributed by atoms with E-state index in [-0.39, 0.29) is 24.6 Å². The molecule has 1 N–H and O–H groups in total. The first-order valence-electron chi connectivity index (χ1n) is 7.65. The Morgan fingerprint density at radius 1 is 1.08 bits per heavy atom. The first-order valence-corrected chi connectivity index (χ1v) is 8.46. The summed E-state index contributed by atoms with van der Waals surface area (Å²) in [7, 11) is 0.